The summed E-state index contributed by atoms with van der Waals surface area (Å²) in [5.74, 6) is 0.779. The zero-order chi connectivity index (χ0) is 14.8. The van der Waals surface area contributed by atoms with E-state index in [1.54, 1.807) is 0 Å². The fourth-order valence-corrected chi connectivity index (χ4v) is 3.66. The van der Waals surface area contributed by atoms with Crippen LogP contribution in [-0.2, 0) is 6.54 Å². The van der Waals surface area contributed by atoms with Gasteiger partial charge in [-0.15, -0.1) is 0 Å². The highest BCUT2D eigenvalue weighted by atomic mass is 15.1. The quantitative estimate of drug-likeness (QED) is 0.931. The van der Waals surface area contributed by atoms with Crippen molar-refractivity contribution in [3.63, 3.8) is 0 Å². The Labute approximate surface area is 127 Å². The minimum atomic E-state index is 0.674. The summed E-state index contributed by atoms with van der Waals surface area (Å²) in [6.45, 7) is 3.26. The van der Waals surface area contributed by atoms with E-state index in [4.69, 9.17) is 10.7 Å². The van der Waals surface area contributed by atoms with E-state index in [0.29, 0.717) is 6.04 Å². The molecule has 3 rings (SSSR count). The predicted octanol–water partition coefficient (Wildman–Crippen LogP) is 3.83. The number of pyridine rings is 1. The molecule has 2 unspecified atom stereocenters. The van der Waals surface area contributed by atoms with Gasteiger partial charge >= 0.3 is 0 Å². The molecule has 1 heterocycles. The van der Waals surface area contributed by atoms with Gasteiger partial charge in [0.15, 0.2) is 0 Å². The van der Waals surface area contributed by atoms with Crippen molar-refractivity contribution >= 4 is 16.6 Å². The topological polar surface area (TPSA) is 42.1 Å². The number of aromatic nitrogens is 1. The molecule has 0 saturated heterocycles. The van der Waals surface area contributed by atoms with Crippen molar-refractivity contribution in [2.24, 2.45) is 5.92 Å². The van der Waals surface area contributed by atoms with Gasteiger partial charge in [-0.3, -0.25) is 9.88 Å². The fourth-order valence-electron chi connectivity index (χ4n) is 3.66. The fraction of sp³-hybridized carbons (Fsp3) is 0.500. The molecule has 2 atom stereocenters. The van der Waals surface area contributed by atoms with Gasteiger partial charge in [0.25, 0.3) is 0 Å². The monoisotopic (exact) mass is 283 g/mol. The summed E-state index contributed by atoms with van der Waals surface area (Å²) in [5.41, 5.74) is 9.09. The lowest BCUT2D eigenvalue weighted by Gasteiger charge is -2.36. The van der Waals surface area contributed by atoms with Crippen LogP contribution in [0.15, 0.2) is 30.3 Å². The summed E-state index contributed by atoms with van der Waals surface area (Å²) in [7, 11) is 2.22. The second-order valence-corrected chi connectivity index (χ2v) is 6.46. The molecule has 2 N–H and O–H groups in total. The summed E-state index contributed by atoms with van der Waals surface area (Å²) in [6.07, 6.45) is 5.39. The minimum Gasteiger partial charge on any atom is -0.398 e. The highest BCUT2D eigenvalue weighted by Gasteiger charge is 2.25. The van der Waals surface area contributed by atoms with E-state index in [0.717, 1.165) is 34.7 Å². The number of rotatable bonds is 3. The van der Waals surface area contributed by atoms with Crippen LogP contribution in [0, 0.1) is 5.92 Å². The second-order valence-electron chi connectivity index (χ2n) is 6.46. The first kappa shape index (κ1) is 14.3. The molecule has 0 bridgehead atoms. The third-order valence-electron chi connectivity index (χ3n) is 4.84. The molecule has 1 saturated carbocycles. The molecule has 0 spiro atoms. The summed E-state index contributed by atoms with van der Waals surface area (Å²) in [6, 6.07) is 10.8. The molecule has 1 aliphatic carbocycles. The molecule has 1 aromatic carbocycles. The maximum absolute atomic E-state index is 6.18. The van der Waals surface area contributed by atoms with Crippen LogP contribution in [0.4, 0.5) is 5.69 Å². The number of hydrogen-bond donors (Lipinski definition) is 1. The zero-order valence-corrected chi connectivity index (χ0v) is 13.0. The van der Waals surface area contributed by atoms with Crippen molar-refractivity contribution in [1.29, 1.82) is 0 Å². The van der Waals surface area contributed by atoms with E-state index in [-0.39, 0.29) is 0 Å². The summed E-state index contributed by atoms with van der Waals surface area (Å²) in [4.78, 5) is 7.23. The first-order valence-electron chi connectivity index (χ1n) is 7.99. The normalized spacial score (nSPS) is 22.8. The Hall–Kier alpha value is -1.61. The van der Waals surface area contributed by atoms with Crippen molar-refractivity contribution in [1.82, 2.24) is 9.88 Å². The molecule has 1 aromatic heterocycles. The third kappa shape index (κ3) is 3.03. The Bertz CT molecular complexity index is 623. The summed E-state index contributed by atoms with van der Waals surface area (Å²) >= 11 is 0. The standard InChI is InChI=1S/C18H25N3/c1-13-7-3-6-10-18(13)21(2)12-14-11-16(19)15-8-4-5-9-17(15)20-14/h4-5,8-9,11,13,18H,3,6-7,10,12H2,1-2H3,(H2,19,20). The van der Waals surface area contributed by atoms with E-state index in [9.17, 15) is 0 Å². The smallest absolute Gasteiger partial charge is 0.0726 e. The number of para-hydroxylation sites is 1. The molecule has 0 aliphatic heterocycles. The van der Waals surface area contributed by atoms with Crippen molar-refractivity contribution < 1.29 is 0 Å². The van der Waals surface area contributed by atoms with E-state index in [1.165, 1.54) is 25.7 Å². The summed E-state index contributed by atoms with van der Waals surface area (Å²) < 4.78 is 0. The van der Waals surface area contributed by atoms with E-state index in [1.807, 2.05) is 30.3 Å². The number of nitrogens with two attached hydrogens (primary N) is 1. The largest absolute Gasteiger partial charge is 0.398 e. The van der Waals surface area contributed by atoms with Crippen LogP contribution in [0.2, 0.25) is 0 Å². The van der Waals surface area contributed by atoms with Gasteiger partial charge in [0.1, 0.15) is 0 Å². The number of hydrogen-bond acceptors (Lipinski definition) is 3. The number of nitrogen functional groups attached to an aromatic ring is 1. The van der Waals surface area contributed by atoms with Crippen LogP contribution in [-0.4, -0.2) is 23.0 Å². The number of benzene rings is 1. The SMILES string of the molecule is CC1CCCCC1N(C)Cc1cc(N)c2ccccc2n1. The molecule has 112 valence electrons. The highest BCUT2D eigenvalue weighted by Crippen LogP contribution is 2.28. The Balaban J connectivity index is 1.81. The first-order chi connectivity index (χ1) is 10.1. The van der Waals surface area contributed by atoms with E-state index < -0.39 is 0 Å². The van der Waals surface area contributed by atoms with Crippen molar-refractivity contribution in [2.45, 2.75) is 45.2 Å². The highest BCUT2D eigenvalue weighted by molar-refractivity contribution is 5.90. The van der Waals surface area contributed by atoms with Crippen LogP contribution in [0.3, 0.4) is 0 Å². The lowest BCUT2D eigenvalue weighted by Crippen LogP contribution is -2.38. The molecule has 3 nitrogen and oxygen atoms in total. The van der Waals surface area contributed by atoms with Crippen LogP contribution in [0.5, 0.6) is 0 Å². The minimum absolute atomic E-state index is 0.674. The third-order valence-corrected chi connectivity index (χ3v) is 4.84. The molecule has 0 amide bonds. The molecule has 1 aliphatic rings. The average molecular weight is 283 g/mol. The molecule has 2 aromatic rings. The van der Waals surface area contributed by atoms with Crippen LogP contribution in [0.1, 0.15) is 38.3 Å². The van der Waals surface area contributed by atoms with Crippen LogP contribution >= 0.6 is 0 Å². The summed E-state index contributed by atoms with van der Waals surface area (Å²) in [5, 5.41) is 1.05. The lowest BCUT2D eigenvalue weighted by molar-refractivity contribution is 0.132. The number of nitrogens with zero attached hydrogens (tertiary/aromatic N) is 2. The van der Waals surface area contributed by atoms with Crippen molar-refractivity contribution in [3.05, 3.63) is 36.0 Å². The Morgan fingerprint density at radius 1 is 1.24 bits per heavy atom. The van der Waals surface area contributed by atoms with E-state index in [2.05, 4.69) is 18.9 Å². The predicted molar refractivity (Wildman–Crippen MR) is 89.0 cm³/mol. The molecule has 21 heavy (non-hydrogen) atoms. The Morgan fingerprint density at radius 3 is 2.81 bits per heavy atom. The molecular weight excluding hydrogens is 258 g/mol. The van der Waals surface area contributed by atoms with Crippen LogP contribution in [0.25, 0.3) is 10.9 Å². The lowest BCUT2D eigenvalue weighted by atomic mass is 9.85. The van der Waals surface area contributed by atoms with Gasteiger partial charge in [-0.05, 0) is 37.9 Å². The van der Waals surface area contributed by atoms with Gasteiger partial charge in [0.2, 0.25) is 0 Å². The van der Waals surface area contributed by atoms with Crippen molar-refractivity contribution in [2.75, 3.05) is 12.8 Å². The number of anilines is 1. The molecular formula is C18H25N3. The van der Waals surface area contributed by atoms with Gasteiger partial charge in [-0.1, -0.05) is 38.0 Å². The second kappa shape index (κ2) is 6.02. The van der Waals surface area contributed by atoms with Gasteiger partial charge in [0, 0.05) is 23.7 Å². The first-order valence-corrected chi connectivity index (χ1v) is 7.99. The number of fused-ring (bicyclic) bond motifs is 1. The maximum Gasteiger partial charge on any atom is 0.0726 e. The zero-order valence-electron chi connectivity index (χ0n) is 13.0. The van der Waals surface area contributed by atoms with Crippen molar-refractivity contribution in [3.8, 4) is 0 Å². The molecule has 0 radical (unpaired) electrons. The maximum atomic E-state index is 6.18. The Kier molecular flexibility index (Phi) is 4.11. The van der Waals surface area contributed by atoms with Gasteiger partial charge < -0.3 is 5.73 Å². The van der Waals surface area contributed by atoms with E-state index >= 15 is 0 Å². The average Bonchev–Trinajstić information content (AvgIpc) is 2.47. The van der Waals surface area contributed by atoms with Crippen LogP contribution < -0.4 is 5.73 Å². The van der Waals surface area contributed by atoms with Gasteiger partial charge in [0.05, 0.1) is 11.2 Å². The molecule has 3 heteroatoms. The van der Waals surface area contributed by atoms with Gasteiger partial charge in [-0.25, -0.2) is 0 Å². The van der Waals surface area contributed by atoms with Gasteiger partial charge in [-0.2, -0.15) is 0 Å². The Morgan fingerprint density at radius 2 is 2.00 bits per heavy atom. The molecule has 1 fully saturated rings.